The SMILES string of the molecule is CC(C)(C)OC(=O)NN(C(=O)OC(C)(C)C)[C@@H](c1ccccc1)C(O)C(=O)NC1CCCCC1. The zero-order chi connectivity index (χ0) is 25.5. The van der Waals surface area contributed by atoms with Crippen molar-refractivity contribution in [3.63, 3.8) is 0 Å². The van der Waals surface area contributed by atoms with Gasteiger partial charge in [-0.3, -0.25) is 4.79 Å². The molecule has 0 aromatic heterocycles. The van der Waals surface area contributed by atoms with Crippen LogP contribution in [0.25, 0.3) is 0 Å². The zero-order valence-corrected chi connectivity index (χ0v) is 21.1. The van der Waals surface area contributed by atoms with Gasteiger partial charge in [0, 0.05) is 6.04 Å². The van der Waals surface area contributed by atoms with Crippen LogP contribution in [-0.4, -0.2) is 51.6 Å². The van der Waals surface area contributed by atoms with Crippen LogP contribution in [0.3, 0.4) is 0 Å². The lowest BCUT2D eigenvalue weighted by Gasteiger charge is -2.36. The monoisotopic (exact) mass is 477 g/mol. The molecule has 3 N–H and O–H groups in total. The zero-order valence-electron chi connectivity index (χ0n) is 21.1. The van der Waals surface area contributed by atoms with Gasteiger partial charge in [0.25, 0.3) is 5.91 Å². The summed E-state index contributed by atoms with van der Waals surface area (Å²) in [5.74, 6) is -0.625. The number of ether oxygens (including phenoxy) is 2. The molecule has 1 aliphatic rings. The lowest BCUT2D eigenvalue weighted by atomic mass is 9.94. The average Bonchev–Trinajstić information content (AvgIpc) is 2.72. The number of nitrogens with zero attached hydrogens (tertiary/aromatic N) is 1. The minimum Gasteiger partial charge on any atom is -0.443 e. The summed E-state index contributed by atoms with van der Waals surface area (Å²) >= 11 is 0. The van der Waals surface area contributed by atoms with E-state index in [2.05, 4.69) is 10.7 Å². The predicted molar refractivity (Wildman–Crippen MR) is 128 cm³/mol. The first kappa shape index (κ1) is 27.4. The molecule has 1 aliphatic carbocycles. The molecule has 9 heteroatoms. The number of nitrogens with one attached hydrogen (secondary N) is 2. The van der Waals surface area contributed by atoms with Crippen molar-refractivity contribution in [2.75, 3.05) is 0 Å². The number of benzene rings is 1. The van der Waals surface area contributed by atoms with Crippen LogP contribution in [0.15, 0.2) is 30.3 Å². The summed E-state index contributed by atoms with van der Waals surface area (Å²) in [6.07, 6.45) is 1.28. The largest absolute Gasteiger partial charge is 0.443 e. The highest BCUT2D eigenvalue weighted by molar-refractivity contribution is 5.83. The van der Waals surface area contributed by atoms with E-state index in [9.17, 15) is 19.5 Å². The molecule has 1 saturated carbocycles. The van der Waals surface area contributed by atoms with E-state index in [1.165, 1.54) is 0 Å². The molecule has 2 rings (SSSR count). The molecule has 34 heavy (non-hydrogen) atoms. The summed E-state index contributed by atoms with van der Waals surface area (Å²) < 4.78 is 10.8. The number of hydrazine groups is 1. The lowest BCUT2D eigenvalue weighted by molar-refractivity contribution is -0.135. The molecule has 9 nitrogen and oxygen atoms in total. The van der Waals surface area contributed by atoms with Crippen LogP contribution < -0.4 is 10.7 Å². The van der Waals surface area contributed by atoms with Crippen LogP contribution >= 0.6 is 0 Å². The summed E-state index contributed by atoms with van der Waals surface area (Å²) in [5, 5.41) is 14.9. The van der Waals surface area contributed by atoms with Crippen LogP contribution in [0.2, 0.25) is 0 Å². The van der Waals surface area contributed by atoms with Gasteiger partial charge >= 0.3 is 12.2 Å². The Kier molecular flexibility index (Phi) is 9.32. The molecule has 3 amide bonds. The molecule has 1 aromatic carbocycles. The molecule has 0 aliphatic heterocycles. The Morgan fingerprint density at radius 2 is 1.50 bits per heavy atom. The molecule has 190 valence electrons. The minimum absolute atomic E-state index is 0.0406. The van der Waals surface area contributed by atoms with Gasteiger partial charge in [0.05, 0.1) is 0 Å². The Morgan fingerprint density at radius 3 is 2.03 bits per heavy atom. The number of amides is 3. The molecule has 0 saturated heterocycles. The highest BCUT2D eigenvalue weighted by atomic mass is 16.6. The molecule has 0 bridgehead atoms. The summed E-state index contributed by atoms with van der Waals surface area (Å²) in [4.78, 5) is 38.9. The third-order valence-corrected chi connectivity index (χ3v) is 5.14. The average molecular weight is 478 g/mol. The van der Waals surface area contributed by atoms with Crippen LogP contribution in [0.4, 0.5) is 9.59 Å². The highest BCUT2D eigenvalue weighted by Crippen LogP contribution is 2.27. The fourth-order valence-corrected chi connectivity index (χ4v) is 3.74. The van der Waals surface area contributed by atoms with Crippen LogP contribution in [0.5, 0.6) is 0 Å². The third-order valence-electron chi connectivity index (χ3n) is 5.14. The van der Waals surface area contributed by atoms with Crippen molar-refractivity contribution in [2.45, 2.75) is 103 Å². The number of hydrogen-bond acceptors (Lipinski definition) is 6. The second-order valence-electron chi connectivity index (χ2n) is 10.6. The maximum atomic E-state index is 13.2. The van der Waals surface area contributed by atoms with E-state index in [0.29, 0.717) is 5.56 Å². The van der Waals surface area contributed by atoms with E-state index < -0.39 is 41.4 Å². The van der Waals surface area contributed by atoms with Gasteiger partial charge in [-0.25, -0.2) is 20.0 Å². The van der Waals surface area contributed by atoms with E-state index in [0.717, 1.165) is 37.1 Å². The molecule has 1 fully saturated rings. The molecule has 2 atom stereocenters. The van der Waals surface area contributed by atoms with Crippen LogP contribution in [0.1, 0.15) is 85.3 Å². The van der Waals surface area contributed by atoms with Gasteiger partial charge in [0.1, 0.15) is 17.2 Å². The Morgan fingerprint density at radius 1 is 0.941 bits per heavy atom. The Hall–Kier alpha value is -2.81. The van der Waals surface area contributed by atoms with Crippen molar-refractivity contribution in [3.05, 3.63) is 35.9 Å². The number of aliphatic hydroxyl groups excluding tert-OH is 1. The topological polar surface area (TPSA) is 117 Å². The minimum atomic E-state index is -1.67. The van der Waals surface area contributed by atoms with Crippen LogP contribution in [-0.2, 0) is 14.3 Å². The molecule has 0 radical (unpaired) electrons. The standard InChI is InChI=1S/C25H39N3O6/c1-24(2,3)33-22(31)27-28(23(32)34-25(4,5)6)19(17-13-9-7-10-14-17)20(29)21(30)26-18-15-11-8-12-16-18/h7,9-10,13-14,18-20,29H,8,11-12,15-16H2,1-6H3,(H,26,30)(H,27,31)/t19-,20?/m0/s1. The Bertz CT molecular complexity index is 825. The van der Waals surface area contributed by atoms with Gasteiger partial charge in [-0.2, -0.15) is 0 Å². The van der Waals surface area contributed by atoms with Crippen molar-refractivity contribution in [1.29, 1.82) is 0 Å². The maximum absolute atomic E-state index is 13.2. The number of carbonyl (C=O) groups is 3. The van der Waals surface area contributed by atoms with Crippen LogP contribution in [0, 0.1) is 0 Å². The number of hydrogen-bond donors (Lipinski definition) is 3. The highest BCUT2D eigenvalue weighted by Gasteiger charge is 2.40. The van der Waals surface area contributed by atoms with E-state index in [1.807, 2.05) is 0 Å². The van der Waals surface area contributed by atoms with Gasteiger partial charge in [-0.05, 0) is 59.9 Å². The number of aliphatic hydroxyl groups is 1. The fourth-order valence-electron chi connectivity index (χ4n) is 3.74. The normalized spacial score (nSPS) is 16.7. The first-order valence-electron chi connectivity index (χ1n) is 11.8. The quantitative estimate of drug-likeness (QED) is 0.547. The molecule has 1 unspecified atom stereocenters. The predicted octanol–water partition coefficient (Wildman–Crippen LogP) is 4.21. The van der Waals surface area contributed by atoms with Gasteiger partial charge in [0.2, 0.25) is 0 Å². The van der Waals surface area contributed by atoms with E-state index in [4.69, 9.17) is 9.47 Å². The maximum Gasteiger partial charge on any atom is 0.429 e. The summed E-state index contributed by atoms with van der Waals surface area (Å²) in [5.41, 5.74) is 1.11. The van der Waals surface area contributed by atoms with E-state index >= 15 is 0 Å². The van der Waals surface area contributed by atoms with Crippen molar-refractivity contribution in [2.24, 2.45) is 0 Å². The lowest BCUT2D eigenvalue weighted by Crippen LogP contribution is -2.56. The second-order valence-corrected chi connectivity index (χ2v) is 10.6. The van der Waals surface area contributed by atoms with E-state index in [-0.39, 0.29) is 6.04 Å². The van der Waals surface area contributed by atoms with Crippen molar-refractivity contribution < 1.29 is 29.0 Å². The smallest absolute Gasteiger partial charge is 0.429 e. The Labute approximate surface area is 202 Å². The summed E-state index contributed by atoms with van der Waals surface area (Å²) in [6, 6.07) is 7.23. The third kappa shape index (κ3) is 8.85. The van der Waals surface area contributed by atoms with Gasteiger partial charge in [-0.1, -0.05) is 49.6 Å². The summed E-state index contributed by atoms with van der Waals surface area (Å²) in [6.45, 7) is 10.1. The molecule has 0 spiro atoms. The van der Waals surface area contributed by atoms with E-state index in [1.54, 1.807) is 71.9 Å². The fraction of sp³-hybridized carbons (Fsp3) is 0.640. The molecular formula is C25H39N3O6. The van der Waals surface area contributed by atoms with Crippen molar-refractivity contribution >= 4 is 18.1 Å². The van der Waals surface area contributed by atoms with Gasteiger partial charge in [-0.15, -0.1) is 0 Å². The van der Waals surface area contributed by atoms with Crippen molar-refractivity contribution in [3.8, 4) is 0 Å². The van der Waals surface area contributed by atoms with Gasteiger partial charge in [0.15, 0.2) is 6.10 Å². The molecular weight excluding hydrogens is 438 g/mol. The molecule has 1 aromatic rings. The number of rotatable bonds is 5. The Balaban J connectivity index is 2.39. The summed E-state index contributed by atoms with van der Waals surface area (Å²) in [7, 11) is 0. The molecule has 0 heterocycles. The second kappa shape index (κ2) is 11.6. The first-order valence-corrected chi connectivity index (χ1v) is 11.8. The van der Waals surface area contributed by atoms with Crippen molar-refractivity contribution in [1.82, 2.24) is 15.8 Å². The van der Waals surface area contributed by atoms with Gasteiger partial charge < -0.3 is 19.9 Å². The number of carbonyl (C=O) groups excluding carboxylic acids is 3. The first-order chi connectivity index (χ1) is 15.8.